The molecule has 0 nitrogen and oxygen atoms in total. The summed E-state index contributed by atoms with van der Waals surface area (Å²) >= 11 is 0. The van der Waals surface area contributed by atoms with E-state index in [9.17, 15) is 0 Å². The van der Waals surface area contributed by atoms with Crippen LogP contribution < -0.4 is 0 Å². The number of hydrogen-bond donors (Lipinski definition) is 0. The van der Waals surface area contributed by atoms with Crippen LogP contribution in [-0.4, -0.2) is 0 Å². The van der Waals surface area contributed by atoms with E-state index in [1.165, 1.54) is 22.2 Å². The van der Waals surface area contributed by atoms with E-state index >= 15 is 0 Å². The van der Waals surface area contributed by atoms with Gasteiger partial charge in [-0.05, 0) is 0 Å². The maximum atomic E-state index is 5.75. The van der Waals surface area contributed by atoms with Gasteiger partial charge in [-0.3, -0.25) is 0 Å². The van der Waals surface area contributed by atoms with E-state index in [1.807, 2.05) is 0 Å². The minimum atomic E-state index is 0. The van der Waals surface area contributed by atoms with Crippen molar-refractivity contribution in [3.63, 3.8) is 0 Å². The molecule has 0 aliphatic carbocycles. The average molecular weight is 118 g/mol. The molecule has 0 saturated carbocycles. The molecular formula is C7H28. The van der Waals surface area contributed by atoms with Crippen molar-refractivity contribution in [3.05, 3.63) is 0 Å². The summed E-state index contributed by atoms with van der Waals surface area (Å²) in [5.41, 5.74) is 0. The summed E-state index contributed by atoms with van der Waals surface area (Å²) in [6, 6.07) is 0. The van der Waals surface area contributed by atoms with E-state index in [2.05, 4.69) is 0 Å². The first kappa shape index (κ1) is 28.0. The molecule has 7 heavy (non-hydrogen) atoms. The standard InChI is InChI=1S/7CH4/h7*1H4/i3*1T;;;;. The molecule has 0 aliphatic heterocycles. The first-order valence-corrected chi connectivity index (χ1v) is 0. The van der Waals surface area contributed by atoms with Crippen LogP contribution in [0.1, 0.15) is 56.0 Å². The first-order chi connectivity index (χ1) is 3.00. The molecule has 0 aromatic carbocycles. The fourth-order valence-electron chi connectivity index (χ4n) is 0. The molecule has 0 amide bonds. The van der Waals surface area contributed by atoms with Gasteiger partial charge < -0.3 is 0 Å². The second kappa shape index (κ2) is 0. The minimum absolute atomic E-state index is 0. The second-order valence-electron chi connectivity index (χ2n) is 0. The van der Waals surface area contributed by atoms with Crippen LogP contribution in [0.25, 0.3) is 0 Å². The molecule has 56 valence electrons. The molecule has 0 fully saturated rings. The van der Waals surface area contributed by atoms with E-state index in [4.69, 9.17) is 4.11 Å². The smallest absolute Gasteiger partial charge is 0.0194 e. The summed E-state index contributed by atoms with van der Waals surface area (Å²) in [7, 11) is 3.75. The summed E-state index contributed by atoms with van der Waals surface area (Å²) in [6.45, 7) is 0. The highest BCUT2D eigenvalue weighted by Crippen LogP contribution is 0.150. The maximum absolute atomic E-state index is 5.75. The largest absolute Gasteiger partial charge is 0.0776 e. The van der Waals surface area contributed by atoms with Gasteiger partial charge in [0.1, 0.15) is 0 Å². The molecule has 0 aliphatic rings. The van der Waals surface area contributed by atoms with Crippen LogP contribution >= 0.6 is 0 Å². The van der Waals surface area contributed by atoms with Gasteiger partial charge in [0.2, 0.25) is 0 Å². The Morgan fingerprint density at radius 3 is 0.429 bits per heavy atom. The predicted molar refractivity (Wildman–Crippen MR) is 47.1 cm³/mol. The molecule has 0 heteroatoms. The summed E-state index contributed by atoms with van der Waals surface area (Å²) in [6.07, 6.45) is 0. The summed E-state index contributed by atoms with van der Waals surface area (Å²) in [4.78, 5) is 0. The van der Waals surface area contributed by atoms with Gasteiger partial charge in [-0.2, -0.15) is 0 Å². The lowest BCUT2D eigenvalue weighted by Gasteiger charge is -0.0786. The predicted octanol–water partition coefficient (Wildman–Crippen LogP) is 4.45. The molecule has 0 aromatic heterocycles. The van der Waals surface area contributed by atoms with Crippen LogP contribution in [0.3, 0.4) is 0 Å². The van der Waals surface area contributed by atoms with Crippen molar-refractivity contribution in [2.75, 3.05) is 0 Å². The minimum Gasteiger partial charge on any atom is -0.0776 e. The van der Waals surface area contributed by atoms with E-state index in [1.54, 1.807) is 0 Å². The van der Waals surface area contributed by atoms with Crippen LogP contribution in [0.5, 0.6) is 0 Å². The highest BCUT2D eigenvalue weighted by atomic mass is 12.0. The van der Waals surface area contributed by atoms with Crippen molar-refractivity contribution in [2.24, 2.45) is 0 Å². The lowest BCUT2D eigenvalue weighted by molar-refractivity contribution is 2.50. The van der Waals surface area contributed by atoms with Gasteiger partial charge in [-0.1, -0.05) is 51.9 Å². The SMILES string of the molecule is C.C.C.C.[3H]C.[3H]C.[3H]C. The Hall–Kier alpha value is 0. The highest BCUT2D eigenvalue weighted by molar-refractivity contribution is 2.51. The Labute approximate surface area is 57.2 Å². The highest BCUT2D eigenvalue weighted by Gasteiger charge is -0.0716. The Morgan fingerprint density at radius 2 is 0.429 bits per heavy atom. The Morgan fingerprint density at radius 1 is 0.429 bits per heavy atom. The third kappa shape index (κ3) is 0. The topological polar surface area (TPSA) is 0 Å². The molecule has 0 heterocycles. The Balaban J connectivity index is -0.00000000225. The molecule has 0 aromatic rings. The van der Waals surface area contributed by atoms with Crippen LogP contribution in [0, 0.1) is 0 Å². The van der Waals surface area contributed by atoms with Gasteiger partial charge in [-0.25, -0.2) is 0 Å². The van der Waals surface area contributed by atoms with Crippen LogP contribution in [0.15, 0.2) is 0 Å². The summed E-state index contributed by atoms with van der Waals surface area (Å²) in [5, 5.41) is 0. The van der Waals surface area contributed by atoms with Crippen molar-refractivity contribution in [2.45, 2.75) is 51.9 Å². The zero-order valence-electron chi connectivity index (χ0n) is 6.00. The maximum Gasteiger partial charge on any atom is 0.0194 e. The zero-order chi connectivity index (χ0) is 6.00. The molecule has 0 spiro atoms. The van der Waals surface area contributed by atoms with Crippen LogP contribution in [0.4, 0.5) is 0 Å². The molecule has 0 N–H and O–H groups in total. The molecule has 0 unspecified atom stereocenters. The number of rotatable bonds is 0. The fourth-order valence-corrected chi connectivity index (χ4v) is 0. The fraction of sp³-hybridized carbons (Fsp3) is 1.00. The van der Waals surface area contributed by atoms with Gasteiger partial charge in [0.15, 0.2) is 0 Å². The summed E-state index contributed by atoms with van der Waals surface area (Å²) < 4.78 is 17.2. The monoisotopic (exact) mass is 118 g/mol. The van der Waals surface area contributed by atoms with Gasteiger partial charge in [-0.15, -0.1) is 0 Å². The quantitative estimate of drug-likeness (QED) is 0.441. The van der Waals surface area contributed by atoms with Gasteiger partial charge in [0.25, 0.3) is 0 Å². The zero-order valence-corrected chi connectivity index (χ0v) is 3.00. The normalized spacial score (nSPS) is 3.00. The summed E-state index contributed by atoms with van der Waals surface area (Å²) in [5.74, 6) is 0. The van der Waals surface area contributed by atoms with E-state index < -0.39 is 0 Å². The third-order valence-electron chi connectivity index (χ3n) is 0. The van der Waals surface area contributed by atoms with E-state index in [0.717, 1.165) is 0 Å². The molecule has 0 saturated heterocycles. The van der Waals surface area contributed by atoms with Gasteiger partial charge >= 0.3 is 0 Å². The molecule has 0 rings (SSSR count). The first-order valence-electron chi connectivity index (χ1n) is 3.00. The lowest BCUT2D eigenvalue weighted by Crippen LogP contribution is 0.143. The Bertz CT molecular complexity index is 8.81. The molecular weight excluding hydrogens is 84.1 g/mol. The second-order valence-corrected chi connectivity index (χ2v) is 0. The van der Waals surface area contributed by atoms with Crippen molar-refractivity contribution in [1.82, 2.24) is 0 Å². The lowest BCUT2D eigenvalue weighted by atomic mass is 12.0. The average Bonchev–Trinajstić information content (AvgIpc) is 1.81. The third-order valence-corrected chi connectivity index (χ3v) is 0. The van der Waals surface area contributed by atoms with Gasteiger partial charge in [0, 0.05) is 4.11 Å². The van der Waals surface area contributed by atoms with E-state index in [0.29, 0.717) is 0 Å². The molecule has 0 radical (unpaired) electrons. The van der Waals surface area contributed by atoms with Crippen molar-refractivity contribution < 1.29 is 4.11 Å². The van der Waals surface area contributed by atoms with Gasteiger partial charge in [0.05, 0.1) is 0 Å². The Kier molecular flexibility index (Phi) is 0. The number of hydrogen-bond acceptors (Lipinski definition) is 0. The molecule has 0 bridgehead atoms. The van der Waals surface area contributed by atoms with Crippen molar-refractivity contribution in [3.8, 4) is 0 Å². The van der Waals surface area contributed by atoms with Crippen LogP contribution in [-0.2, 0) is 0 Å². The van der Waals surface area contributed by atoms with Crippen molar-refractivity contribution >= 4 is 0 Å². The molecule has 0 atom stereocenters. The van der Waals surface area contributed by atoms with E-state index in [-0.39, 0.29) is 29.7 Å². The van der Waals surface area contributed by atoms with Crippen LogP contribution in [0.2, 0.25) is 0 Å². The van der Waals surface area contributed by atoms with Crippen molar-refractivity contribution in [1.29, 1.82) is 0 Å².